The molecule has 2 bridgehead atoms. The summed E-state index contributed by atoms with van der Waals surface area (Å²) < 4.78 is 5.12. The molecule has 0 spiro atoms. The minimum absolute atomic E-state index is 0.00750. The summed E-state index contributed by atoms with van der Waals surface area (Å²) in [5.41, 5.74) is 0. The molecular formula is C17H25N3O3S. The monoisotopic (exact) mass is 351 g/mol. The fourth-order valence-electron chi connectivity index (χ4n) is 3.83. The first-order valence-corrected chi connectivity index (χ1v) is 9.53. The van der Waals surface area contributed by atoms with Gasteiger partial charge in [0.25, 0.3) is 5.91 Å². The summed E-state index contributed by atoms with van der Waals surface area (Å²) in [7, 11) is 0. The standard InChI is InChI=1S/C17H25N3O3S/c1-2-23-17(22)20-10-12-5-6-13(11-20)15(12)18-7-8-19-16(21)14-4-3-9-24-14/h3-4,9,12-13,15,18H,2,5-8,10-11H2,1H3,(H,19,21)/t12-,13-/m0/s1. The Morgan fingerprint density at radius 2 is 2.04 bits per heavy atom. The Morgan fingerprint density at radius 3 is 2.67 bits per heavy atom. The average Bonchev–Trinajstić information content (AvgIpc) is 3.18. The van der Waals surface area contributed by atoms with Gasteiger partial charge in [-0.25, -0.2) is 4.79 Å². The van der Waals surface area contributed by atoms with Crippen LogP contribution in [-0.2, 0) is 4.74 Å². The number of ether oxygens (including phenoxy) is 1. The van der Waals surface area contributed by atoms with Crippen molar-refractivity contribution in [1.29, 1.82) is 0 Å². The lowest BCUT2D eigenvalue weighted by atomic mass is 9.92. The van der Waals surface area contributed by atoms with Crippen molar-refractivity contribution in [2.24, 2.45) is 11.8 Å². The fraction of sp³-hybridized carbons (Fsp3) is 0.647. The van der Waals surface area contributed by atoms with Gasteiger partial charge in [-0.1, -0.05) is 6.07 Å². The number of amides is 2. The smallest absolute Gasteiger partial charge is 0.409 e. The minimum atomic E-state index is -0.184. The molecule has 2 amide bonds. The highest BCUT2D eigenvalue weighted by Crippen LogP contribution is 2.37. The molecule has 1 saturated carbocycles. The number of nitrogens with one attached hydrogen (secondary N) is 2. The van der Waals surface area contributed by atoms with Crippen LogP contribution in [-0.4, -0.2) is 55.7 Å². The van der Waals surface area contributed by atoms with E-state index in [9.17, 15) is 9.59 Å². The van der Waals surface area contributed by atoms with E-state index in [-0.39, 0.29) is 12.0 Å². The number of hydrogen-bond acceptors (Lipinski definition) is 5. The molecular weight excluding hydrogens is 326 g/mol. The van der Waals surface area contributed by atoms with Gasteiger partial charge in [-0.3, -0.25) is 4.79 Å². The fourth-order valence-corrected chi connectivity index (χ4v) is 4.47. The zero-order chi connectivity index (χ0) is 16.9. The largest absolute Gasteiger partial charge is 0.450 e. The van der Waals surface area contributed by atoms with E-state index in [0.717, 1.165) is 37.4 Å². The van der Waals surface area contributed by atoms with Crippen molar-refractivity contribution in [3.8, 4) is 0 Å². The summed E-state index contributed by atoms with van der Waals surface area (Å²) in [6.07, 6.45) is 2.12. The van der Waals surface area contributed by atoms with Crippen LogP contribution in [0.2, 0.25) is 0 Å². The zero-order valence-corrected chi connectivity index (χ0v) is 14.8. The van der Waals surface area contributed by atoms with Gasteiger partial charge in [-0.05, 0) is 43.0 Å². The molecule has 3 rings (SSSR count). The van der Waals surface area contributed by atoms with Gasteiger partial charge in [-0.2, -0.15) is 0 Å². The van der Waals surface area contributed by atoms with Crippen LogP contribution >= 0.6 is 11.3 Å². The maximum atomic E-state index is 11.9. The molecule has 24 heavy (non-hydrogen) atoms. The second-order valence-electron chi connectivity index (χ2n) is 6.41. The Kier molecular flexibility index (Phi) is 5.73. The highest BCUT2D eigenvalue weighted by Gasteiger charge is 2.43. The van der Waals surface area contributed by atoms with E-state index in [4.69, 9.17) is 4.74 Å². The third-order valence-corrected chi connectivity index (χ3v) is 5.76. The Morgan fingerprint density at radius 1 is 1.29 bits per heavy atom. The van der Waals surface area contributed by atoms with Crippen molar-refractivity contribution in [2.45, 2.75) is 25.8 Å². The number of likely N-dealkylation sites (tertiary alicyclic amines) is 1. The number of hydrogen-bond donors (Lipinski definition) is 2. The molecule has 2 heterocycles. The molecule has 2 atom stereocenters. The maximum Gasteiger partial charge on any atom is 0.409 e. The van der Waals surface area contributed by atoms with E-state index in [1.54, 1.807) is 0 Å². The first-order chi connectivity index (χ1) is 11.7. The van der Waals surface area contributed by atoms with Crippen molar-refractivity contribution in [3.63, 3.8) is 0 Å². The van der Waals surface area contributed by atoms with Gasteiger partial charge in [0.05, 0.1) is 11.5 Å². The van der Waals surface area contributed by atoms with Crippen LogP contribution in [0.15, 0.2) is 17.5 Å². The molecule has 1 aromatic heterocycles. The van der Waals surface area contributed by atoms with Gasteiger partial charge < -0.3 is 20.3 Å². The molecule has 1 aliphatic heterocycles. The number of carbonyl (C=O) groups excluding carboxylic acids is 2. The minimum Gasteiger partial charge on any atom is -0.450 e. The average molecular weight is 351 g/mol. The van der Waals surface area contributed by atoms with Crippen LogP contribution in [0, 0.1) is 11.8 Å². The van der Waals surface area contributed by atoms with Crippen LogP contribution in [0.1, 0.15) is 29.4 Å². The Bertz CT molecular complexity index is 549. The topological polar surface area (TPSA) is 70.7 Å². The SMILES string of the molecule is CCOC(=O)N1C[C@@H]2CC[C@@H](C1)C2NCCNC(=O)c1cccs1. The lowest BCUT2D eigenvalue weighted by Crippen LogP contribution is -2.53. The van der Waals surface area contributed by atoms with Crippen molar-refractivity contribution in [1.82, 2.24) is 15.5 Å². The summed E-state index contributed by atoms with van der Waals surface area (Å²) in [6.45, 7) is 5.19. The molecule has 1 saturated heterocycles. The van der Waals surface area contributed by atoms with Gasteiger partial charge in [0.15, 0.2) is 0 Å². The molecule has 132 valence electrons. The number of nitrogens with zero attached hydrogens (tertiary/aromatic N) is 1. The number of piperidine rings is 1. The molecule has 2 aliphatic rings. The van der Waals surface area contributed by atoms with Crippen molar-refractivity contribution < 1.29 is 14.3 Å². The van der Waals surface area contributed by atoms with Gasteiger partial charge in [0.1, 0.15) is 0 Å². The first kappa shape index (κ1) is 17.2. The van der Waals surface area contributed by atoms with Crippen LogP contribution in [0.4, 0.5) is 4.79 Å². The third-order valence-electron chi connectivity index (χ3n) is 4.90. The van der Waals surface area contributed by atoms with Gasteiger partial charge in [0.2, 0.25) is 0 Å². The Balaban J connectivity index is 1.41. The first-order valence-electron chi connectivity index (χ1n) is 8.65. The highest BCUT2D eigenvalue weighted by molar-refractivity contribution is 7.12. The predicted molar refractivity (Wildman–Crippen MR) is 93.3 cm³/mol. The van der Waals surface area contributed by atoms with Crippen LogP contribution in [0.5, 0.6) is 0 Å². The third kappa shape index (κ3) is 3.89. The molecule has 1 aliphatic carbocycles. The molecule has 2 N–H and O–H groups in total. The van der Waals surface area contributed by atoms with E-state index >= 15 is 0 Å². The van der Waals surface area contributed by atoms with Gasteiger partial charge in [0, 0.05) is 32.2 Å². The quantitative estimate of drug-likeness (QED) is 0.769. The Hall–Kier alpha value is -1.60. The lowest BCUT2D eigenvalue weighted by molar-refractivity contribution is 0.0752. The van der Waals surface area contributed by atoms with Crippen LogP contribution < -0.4 is 10.6 Å². The molecule has 6 nitrogen and oxygen atoms in total. The van der Waals surface area contributed by atoms with Crippen molar-refractivity contribution >= 4 is 23.3 Å². The molecule has 0 aromatic carbocycles. The Labute approximate surface area is 146 Å². The number of rotatable bonds is 6. The number of thiophene rings is 1. The van der Waals surface area contributed by atoms with E-state index in [1.165, 1.54) is 11.3 Å². The van der Waals surface area contributed by atoms with E-state index in [0.29, 0.717) is 31.0 Å². The highest BCUT2D eigenvalue weighted by atomic mass is 32.1. The maximum absolute atomic E-state index is 11.9. The molecule has 2 fully saturated rings. The number of carbonyl (C=O) groups is 2. The molecule has 7 heteroatoms. The van der Waals surface area contributed by atoms with E-state index in [1.807, 2.05) is 29.3 Å². The van der Waals surface area contributed by atoms with Gasteiger partial charge in [-0.15, -0.1) is 11.3 Å². The molecule has 1 aromatic rings. The second-order valence-corrected chi connectivity index (χ2v) is 7.36. The second kappa shape index (κ2) is 7.98. The summed E-state index contributed by atoms with van der Waals surface area (Å²) in [5, 5.41) is 8.43. The molecule has 0 unspecified atom stereocenters. The normalized spacial score (nSPS) is 25.5. The summed E-state index contributed by atoms with van der Waals surface area (Å²) in [5.74, 6) is 0.967. The van der Waals surface area contributed by atoms with Crippen molar-refractivity contribution in [2.75, 3.05) is 32.8 Å². The summed E-state index contributed by atoms with van der Waals surface area (Å²) >= 11 is 1.45. The predicted octanol–water partition coefficient (Wildman–Crippen LogP) is 1.93. The van der Waals surface area contributed by atoms with Gasteiger partial charge >= 0.3 is 6.09 Å². The van der Waals surface area contributed by atoms with Crippen LogP contribution in [0.3, 0.4) is 0 Å². The lowest BCUT2D eigenvalue weighted by Gasteiger charge is -2.37. The summed E-state index contributed by atoms with van der Waals surface area (Å²) in [6, 6.07) is 4.15. The zero-order valence-electron chi connectivity index (χ0n) is 14.0. The molecule has 0 radical (unpaired) electrons. The van der Waals surface area contributed by atoms with Crippen LogP contribution in [0.25, 0.3) is 0 Å². The summed E-state index contributed by atoms with van der Waals surface area (Å²) in [4.78, 5) is 26.4. The number of fused-ring (bicyclic) bond motifs is 2. The van der Waals surface area contributed by atoms with E-state index in [2.05, 4.69) is 10.6 Å². The van der Waals surface area contributed by atoms with Crippen molar-refractivity contribution in [3.05, 3.63) is 22.4 Å². The van der Waals surface area contributed by atoms with E-state index < -0.39 is 0 Å².